The average molecular weight is 200 g/mol. The number of aliphatic hydroxyl groups is 1. The topological polar surface area (TPSA) is 20.2 Å². The first-order valence-electron chi connectivity index (χ1n) is 5.84. The highest BCUT2D eigenvalue weighted by Gasteiger charge is 2.26. The van der Waals surface area contributed by atoms with Gasteiger partial charge in [0, 0.05) is 0 Å². The maximum atomic E-state index is 9.97. The second-order valence-electron chi connectivity index (χ2n) is 4.57. The lowest BCUT2D eigenvalue weighted by Gasteiger charge is -2.30. The van der Waals surface area contributed by atoms with E-state index in [2.05, 4.69) is 24.3 Å². The van der Waals surface area contributed by atoms with Gasteiger partial charge >= 0.3 is 0 Å². The van der Waals surface area contributed by atoms with Crippen molar-refractivity contribution in [2.24, 2.45) is 0 Å². The first-order valence-corrected chi connectivity index (χ1v) is 5.84. The van der Waals surface area contributed by atoms with E-state index in [-0.39, 0.29) is 6.10 Å². The quantitative estimate of drug-likeness (QED) is 0.682. The van der Waals surface area contributed by atoms with E-state index in [1.54, 1.807) is 0 Å². The lowest BCUT2D eigenvalue weighted by Crippen LogP contribution is -2.20. The summed E-state index contributed by atoms with van der Waals surface area (Å²) in [6.07, 6.45) is 5.25. The molecule has 1 nitrogen and oxygen atoms in total. The summed E-state index contributed by atoms with van der Waals surface area (Å²) < 4.78 is 0. The van der Waals surface area contributed by atoms with Crippen LogP contribution >= 0.6 is 0 Å². The first-order chi connectivity index (χ1) is 7.36. The van der Waals surface area contributed by atoms with E-state index in [1.807, 2.05) is 0 Å². The minimum atomic E-state index is -0.165. The van der Waals surface area contributed by atoms with Crippen LogP contribution in [-0.2, 0) is 6.42 Å². The van der Waals surface area contributed by atoms with Crippen LogP contribution in [0.25, 0.3) is 5.57 Å². The average Bonchev–Trinajstić information content (AvgIpc) is 2.29. The van der Waals surface area contributed by atoms with E-state index < -0.39 is 0 Å². The molecule has 1 atom stereocenters. The molecule has 0 fully saturated rings. The molecule has 1 aromatic carbocycles. The summed E-state index contributed by atoms with van der Waals surface area (Å²) in [6.45, 7) is 0. The Morgan fingerprint density at radius 2 is 1.93 bits per heavy atom. The Hall–Kier alpha value is -1.08. The summed E-state index contributed by atoms with van der Waals surface area (Å²) >= 11 is 0. The van der Waals surface area contributed by atoms with Gasteiger partial charge in [0.25, 0.3) is 0 Å². The Morgan fingerprint density at radius 3 is 2.87 bits per heavy atom. The van der Waals surface area contributed by atoms with Gasteiger partial charge in [-0.15, -0.1) is 0 Å². The van der Waals surface area contributed by atoms with Crippen molar-refractivity contribution in [1.29, 1.82) is 0 Å². The van der Waals surface area contributed by atoms with Gasteiger partial charge in [-0.2, -0.15) is 0 Å². The van der Waals surface area contributed by atoms with Crippen LogP contribution in [0.3, 0.4) is 0 Å². The van der Waals surface area contributed by atoms with Crippen molar-refractivity contribution in [2.75, 3.05) is 0 Å². The van der Waals surface area contributed by atoms with Gasteiger partial charge in [0.05, 0.1) is 6.10 Å². The highest BCUT2D eigenvalue weighted by molar-refractivity contribution is 5.74. The van der Waals surface area contributed by atoms with Crippen molar-refractivity contribution in [2.45, 2.75) is 38.2 Å². The number of rotatable bonds is 0. The van der Waals surface area contributed by atoms with Gasteiger partial charge in [0.2, 0.25) is 0 Å². The van der Waals surface area contributed by atoms with E-state index in [4.69, 9.17) is 0 Å². The summed E-state index contributed by atoms with van der Waals surface area (Å²) in [5.74, 6) is 0. The third-order valence-electron chi connectivity index (χ3n) is 3.70. The van der Waals surface area contributed by atoms with E-state index in [1.165, 1.54) is 22.3 Å². The van der Waals surface area contributed by atoms with Crippen LogP contribution < -0.4 is 0 Å². The lowest BCUT2D eigenvalue weighted by atomic mass is 9.77. The fraction of sp³-hybridized carbons (Fsp3) is 0.429. The summed E-state index contributed by atoms with van der Waals surface area (Å²) in [5, 5.41) is 9.97. The fourth-order valence-corrected chi connectivity index (χ4v) is 2.94. The van der Waals surface area contributed by atoms with Gasteiger partial charge in [-0.1, -0.05) is 24.3 Å². The summed E-state index contributed by atoms with van der Waals surface area (Å²) in [7, 11) is 0. The molecule has 1 aromatic rings. The van der Waals surface area contributed by atoms with Crippen molar-refractivity contribution in [3.63, 3.8) is 0 Å². The maximum Gasteiger partial charge on any atom is 0.0756 e. The molecule has 3 rings (SSSR count). The molecule has 1 N–H and O–H groups in total. The minimum Gasteiger partial charge on any atom is -0.389 e. The van der Waals surface area contributed by atoms with Gasteiger partial charge in [-0.25, -0.2) is 0 Å². The van der Waals surface area contributed by atoms with E-state index in [0.717, 1.165) is 32.1 Å². The van der Waals surface area contributed by atoms with Crippen molar-refractivity contribution in [1.82, 2.24) is 0 Å². The molecule has 0 heterocycles. The monoisotopic (exact) mass is 200 g/mol. The molecule has 0 amide bonds. The number of fused-ring (bicyclic) bond motifs is 2. The van der Waals surface area contributed by atoms with E-state index in [0.29, 0.717) is 0 Å². The van der Waals surface area contributed by atoms with E-state index in [9.17, 15) is 5.11 Å². The highest BCUT2D eigenvalue weighted by atomic mass is 16.3. The molecule has 0 radical (unpaired) electrons. The Kier molecular flexibility index (Phi) is 2.14. The van der Waals surface area contributed by atoms with Crippen LogP contribution in [0.2, 0.25) is 0 Å². The summed E-state index contributed by atoms with van der Waals surface area (Å²) in [4.78, 5) is 0. The molecule has 0 aromatic heterocycles. The Balaban J connectivity index is 2.14. The molecule has 78 valence electrons. The predicted molar refractivity (Wildman–Crippen MR) is 61.5 cm³/mol. The largest absolute Gasteiger partial charge is 0.389 e. The SMILES string of the molecule is OC1CCCC2=C1CCc1ccccc12. The van der Waals surface area contributed by atoms with E-state index >= 15 is 0 Å². The zero-order valence-corrected chi connectivity index (χ0v) is 8.87. The lowest BCUT2D eigenvalue weighted by molar-refractivity contribution is 0.188. The molecule has 2 aliphatic carbocycles. The maximum absolute atomic E-state index is 9.97. The number of aliphatic hydroxyl groups excluding tert-OH is 1. The molecule has 0 saturated carbocycles. The second-order valence-corrected chi connectivity index (χ2v) is 4.57. The van der Waals surface area contributed by atoms with Crippen molar-refractivity contribution < 1.29 is 5.11 Å². The van der Waals surface area contributed by atoms with Gasteiger partial charge < -0.3 is 5.11 Å². The van der Waals surface area contributed by atoms with Crippen LogP contribution in [-0.4, -0.2) is 11.2 Å². The zero-order valence-electron chi connectivity index (χ0n) is 8.87. The molecule has 0 aliphatic heterocycles. The molecular formula is C14H16O. The predicted octanol–water partition coefficient (Wildman–Crippen LogP) is 2.93. The van der Waals surface area contributed by atoms with Crippen molar-refractivity contribution in [3.05, 3.63) is 41.0 Å². The Morgan fingerprint density at radius 1 is 1.07 bits per heavy atom. The zero-order chi connectivity index (χ0) is 10.3. The molecule has 2 aliphatic rings. The molecule has 0 bridgehead atoms. The van der Waals surface area contributed by atoms with Crippen molar-refractivity contribution >= 4 is 5.57 Å². The van der Waals surface area contributed by atoms with Crippen molar-refractivity contribution in [3.8, 4) is 0 Å². The molecular weight excluding hydrogens is 184 g/mol. The molecule has 1 unspecified atom stereocenters. The Bertz CT molecular complexity index is 417. The van der Waals surface area contributed by atoms with Crippen LogP contribution in [0.15, 0.2) is 29.8 Å². The summed E-state index contributed by atoms with van der Waals surface area (Å²) in [6, 6.07) is 8.65. The van der Waals surface area contributed by atoms with Crippen LogP contribution in [0.1, 0.15) is 36.8 Å². The fourth-order valence-electron chi connectivity index (χ4n) is 2.94. The number of benzene rings is 1. The molecule has 1 heteroatoms. The minimum absolute atomic E-state index is 0.165. The number of allylic oxidation sites excluding steroid dienone is 1. The van der Waals surface area contributed by atoms with Gasteiger partial charge in [0.1, 0.15) is 0 Å². The summed E-state index contributed by atoms with van der Waals surface area (Å²) in [5.41, 5.74) is 5.62. The number of aryl methyl sites for hydroxylation is 1. The van der Waals surface area contributed by atoms with Gasteiger partial charge in [-0.3, -0.25) is 0 Å². The number of hydrogen-bond acceptors (Lipinski definition) is 1. The number of hydrogen-bond donors (Lipinski definition) is 1. The third-order valence-corrected chi connectivity index (χ3v) is 3.70. The van der Waals surface area contributed by atoms with Gasteiger partial charge in [0.15, 0.2) is 0 Å². The molecule has 0 saturated heterocycles. The standard InChI is InChI=1S/C14H16O/c15-14-7-3-6-12-11-5-2-1-4-10(11)8-9-13(12)14/h1-2,4-5,14-15H,3,6-9H2. The van der Waals surface area contributed by atoms with Crippen LogP contribution in [0.4, 0.5) is 0 Å². The smallest absolute Gasteiger partial charge is 0.0756 e. The first kappa shape index (κ1) is 9.17. The normalized spacial score (nSPS) is 24.7. The van der Waals surface area contributed by atoms with Crippen LogP contribution in [0, 0.1) is 0 Å². The molecule has 0 spiro atoms. The van der Waals surface area contributed by atoms with Crippen LogP contribution in [0.5, 0.6) is 0 Å². The highest BCUT2D eigenvalue weighted by Crippen LogP contribution is 2.39. The third kappa shape index (κ3) is 1.42. The van der Waals surface area contributed by atoms with Gasteiger partial charge in [-0.05, 0) is 54.4 Å². The molecule has 15 heavy (non-hydrogen) atoms. The second kappa shape index (κ2) is 3.49. The Labute approximate surface area is 90.4 Å².